The first-order chi connectivity index (χ1) is 9.86. The molecule has 1 unspecified atom stereocenters. The molecule has 104 valence electrons. The van der Waals surface area contributed by atoms with Crippen molar-refractivity contribution < 1.29 is 0 Å². The molecular formula is C16H19N3S. The van der Waals surface area contributed by atoms with Gasteiger partial charge in [-0.05, 0) is 18.5 Å². The van der Waals surface area contributed by atoms with E-state index < -0.39 is 0 Å². The predicted octanol–water partition coefficient (Wildman–Crippen LogP) is 3.33. The summed E-state index contributed by atoms with van der Waals surface area (Å²) in [5, 5.41) is 5.53. The smallest absolute Gasteiger partial charge is 0.193 e. The second-order valence-corrected chi connectivity index (χ2v) is 5.82. The SMILES string of the molecule is CCNCC(Cc1cn2ccsc2n1)c1ccccc1. The number of rotatable bonds is 6. The van der Waals surface area contributed by atoms with Gasteiger partial charge in [0.15, 0.2) is 4.96 Å². The van der Waals surface area contributed by atoms with Crippen molar-refractivity contribution in [3.8, 4) is 0 Å². The first-order valence-electron chi connectivity index (χ1n) is 7.03. The van der Waals surface area contributed by atoms with Crippen LogP contribution in [0, 0.1) is 0 Å². The molecule has 0 saturated heterocycles. The average molecular weight is 285 g/mol. The molecule has 0 spiro atoms. The lowest BCUT2D eigenvalue weighted by Crippen LogP contribution is -2.22. The van der Waals surface area contributed by atoms with Gasteiger partial charge in [-0.3, -0.25) is 4.40 Å². The van der Waals surface area contributed by atoms with E-state index >= 15 is 0 Å². The van der Waals surface area contributed by atoms with E-state index in [-0.39, 0.29) is 0 Å². The van der Waals surface area contributed by atoms with Gasteiger partial charge >= 0.3 is 0 Å². The topological polar surface area (TPSA) is 29.3 Å². The number of fused-ring (bicyclic) bond motifs is 1. The van der Waals surface area contributed by atoms with Gasteiger partial charge in [-0.25, -0.2) is 4.98 Å². The summed E-state index contributed by atoms with van der Waals surface area (Å²) in [6, 6.07) is 10.7. The van der Waals surface area contributed by atoms with Crippen LogP contribution in [-0.4, -0.2) is 22.5 Å². The number of hydrogen-bond donors (Lipinski definition) is 1. The van der Waals surface area contributed by atoms with Gasteiger partial charge in [-0.15, -0.1) is 11.3 Å². The summed E-state index contributed by atoms with van der Waals surface area (Å²) in [6.45, 7) is 4.14. The van der Waals surface area contributed by atoms with Crippen LogP contribution in [0.3, 0.4) is 0 Å². The molecule has 4 heteroatoms. The Bertz CT molecular complexity index is 628. The zero-order valence-corrected chi connectivity index (χ0v) is 12.4. The largest absolute Gasteiger partial charge is 0.316 e. The molecule has 20 heavy (non-hydrogen) atoms. The van der Waals surface area contributed by atoms with Crippen LogP contribution in [0.25, 0.3) is 4.96 Å². The number of thiazole rings is 1. The number of imidazole rings is 1. The third-order valence-electron chi connectivity index (χ3n) is 3.51. The molecule has 3 rings (SSSR count). The molecule has 0 bridgehead atoms. The third kappa shape index (κ3) is 2.92. The van der Waals surface area contributed by atoms with Crippen LogP contribution in [0.2, 0.25) is 0 Å². The van der Waals surface area contributed by atoms with Crippen LogP contribution in [0.4, 0.5) is 0 Å². The highest BCUT2D eigenvalue weighted by molar-refractivity contribution is 7.15. The molecule has 3 nitrogen and oxygen atoms in total. The fourth-order valence-electron chi connectivity index (χ4n) is 2.48. The van der Waals surface area contributed by atoms with Gasteiger partial charge in [-0.1, -0.05) is 37.3 Å². The van der Waals surface area contributed by atoms with Gasteiger partial charge < -0.3 is 5.32 Å². The van der Waals surface area contributed by atoms with Crippen LogP contribution in [0.5, 0.6) is 0 Å². The Morgan fingerprint density at radius 1 is 1.30 bits per heavy atom. The van der Waals surface area contributed by atoms with Crippen molar-refractivity contribution in [3.05, 3.63) is 59.4 Å². The van der Waals surface area contributed by atoms with E-state index in [0.29, 0.717) is 5.92 Å². The minimum absolute atomic E-state index is 0.473. The Morgan fingerprint density at radius 3 is 2.90 bits per heavy atom. The van der Waals surface area contributed by atoms with Gasteiger partial charge in [-0.2, -0.15) is 0 Å². The minimum atomic E-state index is 0.473. The first-order valence-corrected chi connectivity index (χ1v) is 7.91. The first kappa shape index (κ1) is 13.3. The maximum absolute atomic E-state index is 4.70. The van der Waals surface area contributed by atoms with Gasteiger partial charge in [0.1, 0.15) is 0 Å². The Morgan fingerprint density at radius 2 is 2.15 bits per heavy atom. The molecular weight excluding hydrogens is 266 g/mol. The molecule has 0 fully saturated rings. The quantitative estimate of drug-likeness (QED) is 0.752. The zero-order valence-electron chi connectivity index (χ0n) is 11.6. The van der Waals surface area contributed by atoms with Gasteiger partial charge in [0.2, 0.25) is 0 Å². The summed E-state index contributed by atoms with van der Waals surface area (Å²) in [4.78, 5) is 5.78. The maximum atomic E-state index is 4.70. The standard InChI is InChI=1S/C16H19N3S/c1-2-17-11-14(13-6-4-3-5-7-13)10-15-12-19-8-9-20-16(19)18-15/h3-9,12,14,17H,2,10-11H2,1H3. The summed E-state index contributed by atoms with van der Waals surface area (Å²) < 4.78 is 2.11. The molecule has 1 atom stereocenters. The van der Waals surface area contributed by atoms with Crippen molar-refractivity contribution in [3.63, 3.8) is 0 Å². The zero-order chi connectivity index (χ0) is 13.8. The second-order valence-electron chi connectivity index (χ2n) is 4.94. The second kappa shape index (κ2) is 6.20. The Hall–Kier alpha value is -1.65. The molecule has 0 aliphatic heterocycles. The number of nitrogens with one attached hydrogen (secondary N) is 1. The lowest BCUT2D eigenvalue weighted by atomic mass is 9.94. The number of benzene rings is 1. The molecule has 0 saturated carbocycles. The van der Waals surface area contributed by atoms with Crippen molar-refractivity contribution in [1.82, 2.24) is 14.7 Å². The van der Waals surface area contributed by atoms with Crippen LogP contribution in [0.1, 0.15) is 24.1 Å². The monoisotopic (exact) mass is 285 g/mol. The van der Waals surface area contributed by atoms with Crippen molar-refractivity contribution >= 4 is 16.3 Å². The van der Waals surface area contributed by atoms with Crippen LogP contribution in [0.15, 0.2) is 48.1 Å². The van der Waals surface area contributed by atoms with E-state index in [0.717, 1.165) is 24.5 Å². The van der Waals surface area contributed by atoms with E-state index in [2.05, 4.69) is 64.7 Å². The van der Waals surface area contributed by atoms with Crippen LogP contribution >= 0.6 is 11.3 Å². The van der Waals surface area contributed by atoms with Crippen molar-refractivity contribution in [2.24, 2.45) is 0 Å². The Balaban J connectivity index is 1.80. The van der Waals surface area contributed by atoms with Gasteiger partial charge in [0.25, 0.3) is 0 Å². The molecule has 1 aromatic carbocycles. The summed E-state index contributed by atoms with van der Waals surface area (Å²) >= 11 is 1.69. The molecule has 0 aliphatic carbocycles. The number of likely N-dealkylation sites (N-methyl/N-ethyl adjacent to an activating group) is 1. The van der Waals surface area contributed by atoms with Gasteiger partial charge in [0, 0.05) is 30.2 Å². The molecule has 3 aromatic rings. The summed E-state index contributed by atoms with van der Waals surface area (Å²) in [5.41, 5.74) is 2.55. The number of nitrogens with zero attached hydrogens (tertiary/aromatic N) is 2. The van der Waals surface area contributed by atoms with E-state index in [1.807, 2.05) is 0 Å². The minimum Gasteiger partial charge on any atom is -0.316 e. The molecule has 0 radical (unpaired) electrons. The van der Waals surface area contributed by atoms with Crippen molar-refractivity contribution in [2.75, 3.05) is 13.1 Å². The highest BCUT2D eigenvalue weighted by atomic mass is 32.1. The maximum Gasteiger partial charge on any atom is 0.193 e. The Kier molecular flexibility index (Phi) is 4.14. The molecule has 1 N–H and O–H groups in total. The fraction of sp³-hybridized carbons (Fsp3) is 0.312. The highest BCUT2D eigenvalue weighted by Crippen LogP contribution is 2.21. The summed E-state index contributed by atoms with van der Waals surface area (Å²) in [5.74, 6) is 0.473. The lowest BCUT2D eigenvalue weighted by molar-refractivity contribution is 0.590. The van der Waals surface area contributed by atoms with E-state index in [9.17, 15) is 0 Å². The lowest BCUT2D eigenvalue weighted by Gasteiger charge is -2.16. The van der Waals surface area contributed by atoms with Crippen molar-refractivity contribution in [2.45, 2.75) is 19.3 Å². The summed E-state index contributed by atoms with van der Waals surface area (Å²) in [7, 11) is 0. The fourth-order valence-corrected chi connectivity index (χ4v) is 3.20. The average Bonchev–Trinajstić information content (AvgIpc) is 3.05. The highest BCUT2D eigenvalue weighted by Gasteiger charge is 2.14. The third-order valence-corrected chi connectivity index (χ3v) is 4.28. The number of aromatic nitrogens is 2. The van der Waals surface area contributed by atoms with E-state index in [1.165, 1.54) is 11.3 Å². The molecule has 0 amide bonds. The van der Waals surface area contributed by atoms with Gasteiger partial charge in [0.05, 0.1) is 5.69 Å². The predicted molar refractivity (Wildman–Crippen MR) is 84.5 cm³/mol. The molecule has 2 aromatic heterocycles. The van der Waals surface area contributed by atoms with E-state index in [1.54, 1.807) is 11.3 Å². The molecule has 0 aliphatic rings. The normalized spacial score (nSPS) is 12.8. The van der Waals surface area contributed by atoms with Crippen molar-refractivity contribution in [1.29, 1.82) is 0 Å². The van der Waals surface area contributed by atoms with Crippen LogP contribution in [-0.2, 0) is 6.42 Å². The summed E-state index contributed by atoms with van der Waals surface area (Å²) in [6.07, 6.45) is 5.19. The number of hydrogen-bond acceptors (Lipinski definition) is 3. The molecule has 2 heterocycles. The van der Waals surface area contributed by atoms with E-state index in [4.69, 9.17) is 4.98 Å². The van der Waals surface area contributed by atoms with Crippen LogP contribution < -0.4 is 5.32 Å². The Labute approximate surface area is 123 Å².